The molecule has 0 aromatic heterocycles. The van der Waals surface area contributed by atoms with Crippen LogP contribution in [0.15, 0.2) is 24.3 Å². The predicted octanol–water partition coefficient (Wildman–Crippen LogP) is 1.68. The monoisotopic (exact) mass is 155 g/mol. The van der Waals surface area contributed by atoms with Crippen molar-refractivity contribution in [1.82, 2.24) is 5.06 Å². The van der Waals surface area contributed by atoms with Crippen LogP contribution in [0.4, 0.5) is 4.39 Å². The van der Waals surface area contributed by atoms with Crippen LogP contribution < -0.4 is 4.84 Å². The molecule has 0 spiro atoms. The van der Waals surface area contributed by atoms with Crippen LogP contribution in [0.2, 0.25) is 0 Å². The van der Waals surface area contributed by atoms with E-state index in [-0.39, 0.29) is 5.82 Å². The minimum absolute atomic E-state index is 0.288. The second kappa shape index (κ2) is 3.34. The van der Waals surface area contributed by atoms with Crippen LogP contribution >= 0.6 is 0 Å². The molecule has 1 aromatic rings. The number of hydrogen-bond acceptors (Lipinski definition) is 2. The molecule has 0 bridgehead atoms. The zero-order valence-electron chi connectivity index (χ0n) is 6.54. The fourth-order valence-electron chi connectivity index (χ4n) is 0.735. The van der Waals surface area contributed by atoms with Crippen molar-refractivity contribution >= 4 is 0 Å². The van der Waals surface area contributed by atoms with E-state index in [2.05, 4.69) is 0 Å². The molecule has 0 aliphatic rings. The van der Waals surface area contributed by atoms with E-state index in [0.717, 1.165) is 0 Å². The molecule has 0 saturated heterocycles. The highest BCUT2D eigenvalue weighted by atomic mass is 19.1. The van der Waals surface area contributed by atoms with E-state index in [9.17, 15) is 4.39 Å². The van der Waals surface area contributed by atoms with Gasteiger partial charge in [0.25, 0.3) is 0 Å². The van der Waals surface area contributed by atoms with Crippen LogP contribution in [-0.4, -0.2) is 19.2 Å². The summed E-state index contributed by atoms with van der Waals surface area (Å²) in [4.78, 5) is 5.09. The highest BCUT2D eigenvalue weighted by molar-refractivity contribution is 5.21. The zero-order chi connectivity index (χ0) is 8.27. The van der Waals surface area contributed by atoms with E-state index in [1.165, 1.54) is 17.2 Å². The SMILES string of the molecule is CN(C)Oc1cccc(F)c1. The van der Waals surface area contributed by atoms with Crippen molar-refractivity contribution in [2.24, 2.45) is 0 Å². The quantitative estimate of drug-likeness (QED) is 0.602. The molecule has 0 unspecified atom stereocenters. The number of hydroxylamine groups is 2. The standard InChI is InChI=1S/C8H10FNO/c1-10(2)11-8-5-3-4-7(9)6-8/h3-6H,1-2H3. The minimum Gasteiger partial charge on any atom is -0.406 e. The zero-order valence-corrected chi connectivity index (χ0v) is 6.54. The first-order chi connectivity index (χ1) is 5.18. The summed E-state index contributed by atoms with van der Waals surface area (Å²) >= 11 is 0. The maximum Gasteiger partial charge on any atom is 0.150 e. The van der Waals surface area contributed by atoms with Crippen molar-refractivity contribution in [3.63, 3.8) is 0 Å². The van der Waals surface area contributed by atoms with Gasteiger partial charge in [0.1, 0.15) is 11.6 Å². The lowest BCUT2D eigenvalue weighted by Gasteiger charge is -2.10. The molecule has 0 saturated carbocycles. The van der Waals surface area contributed by atoms with Crippen molar-refractivity contribution in [3.8, 4) is 5.75 Å². The molecule has 60 valence electrons. The smallest absolute Gasteiger partial charge is 0.150 e. The Morgan fingerprint density at radius 3 is 2.64 bits per heavy atom. The number of rotatable bonds is 2. The molecule has 0 fully saturated rings. The molecule has 1 rings (SSSR count). The molecule has 0 radical (unpaired) electrons. The van der Waals surface area contributed by atoms with Gasteiger partial charge in [-0.05, 0) is 12.1 Å². The Hall–Kier alpha value is -1.09. The van der Waals surface area contributed by atoms with Gasteiger partial charge in [0.2, 0.25) is 0 Å². The summed E-state index contributed by atoms with van der Waals surface area (Å²) in [5.74, 6) is 0.222. The second-order valence-electron chi connectivity index (χ2n) is 2.36. The van der Waals surface area contributed by atoms with Crippen molar-refractivity contribution in [1.29, 1.82) is 0 Å². The Labute approximate surface area is 65.2 Å². The molecule has 0 heterocycles. The Kier molecular flexibility index (Phi) is 2.44. The Morgan fingerprint density at radius 2 is 2.09 bits per heavy atom. The van der Waals surface area contributed by atoms with Gasteiger partial charge in [-0.2, -0.15) is 5.06 Å². The van der Waals surface area contributed by atoms with Crippen molar-refractivity contribution in [2.75, 3.05) is 14.1 Å². The van der Waals surface area contributed by atoms with Crippen LogP contribution in [0.25, 0.3) is 0 Å². The first-order valence-corrected chi connectivity index (χ1v) is 3.29. The van der Waals surface area contributed by atoms with Gasteiger partial charge in [-0.3, -0.25) is 0 Å². The lowest BCUT2D eigenvalue weighted by atomic mass is 10.3. The van der Waals surface area contributed by atoms with Gasteiger partial charge in [0.05, 0.1) is 0 Å². The number of benzene rings is 1. The molecule has 0 aliphatic carbocycles. The van der Waals surface area contributed by atoms with E-state index in [0.29, 0.717) is 5.75 Å². The Bertz CT molecular complexity index is 237. The molecule has 3 heteroatoms. The van der Waals surface area contributed by atoms with Crippen molar-refractivity contribution < 1.29 is 9.23 Å². The fraction of sp³-hybridized carbons (Fsp3) is 0.250. The summed E-state index contributed by atoms with van der Waals surface area (Å²) in [5, 5.41) is 1.51. The van der Waals surface area contributed by atoms with E-state index < -0.39 is 0 Å². The summed E-state index contributed by atoms with van der Waals surface area (Å²) in [6.45, 7) is 0. The van der Waals surface area contributed by atoms with Gasteiger partial charge in [-0.15, -0.1) is 0 Å². The summed E-state index contributed by atoms with van der Waals surface area (Å²) in [5.41, 5.74) is 0. The second-order valence-corrected chi connectivity index (χ2v) is 2.36. The lowest BCUT2D eigenvalue weighted by molar-refractivity contribution is -0.00355. The van der Waals surface area contributed by atoms with Crippen molar-refractivity contribution in [2.45, 2.75) is 0 Å². The number of halogens is 1. The molecule has 1 aromatic carbocycles. The summed E-state index contributed by atoms with van der Waals surface area (Å²) in [6.07, 6.45) is 0. The highest BCUT2D eigenvalue weighted by Gasteiger charge is 1.95. The topological polar surface area (TPSA) is 12.5 Å². The fourth-order valence-corrected chi connectivity index (χ4v) is 0.735. The van der Waals surface area contributed by atoms with Gasteiger partial charge in [0.15, 0.2) is 0 Å². The van der Waals surface area contributed by atoms with Crippen LogP contribution in [0.3, 0.4) is 0 Å². The molecule has 0 N–H and O–H groups in total. The normalized spacial score (nSPS) is 10.2. The van der Waals surface area contributed by atoms with E-state index in [1.54, 1.807) is 26.2 Å². The van der Waals surface area contributed by atoms with Crippen LogP contribution in [0, 0.1) is 5.82 Å². The first-order valence-electron chi connectivity index (χ1n) is 3.29. The minimum atomic E-state index is -0.288. The van der Waals surface area contributed by atoms with E-state index >= 15 is 0 Å². The molecule has 2 nitrogen and oxygen atoms in total. The largest absolute Gasteiger partial charge is 0.406 e. The summed E-state index contributed by atoms with van der Waals surface area (Å²) in [7, 11) is 3.48. The average Bonchev–Trinajstić information content (AvgIpc) is 1.85. The molecular weight excluding hydrogens is 145 g/mol. The average molecular weight is 155 g/mol. The third kappa shape index (κ3) is 2.55. The lowest BCUT2D eigenvalue weighted by Crippen LogP contribution is -2.15. The molecular formula is C8H10FNO. The van der Waals surface area contributed by atoms with E-state index in [1.807, 2.05) is 0 Å². The van der Waals surface area contributed by atoms with Gasteiger partial charge in [-0.1, -0.05) is 6.07 Å². The maximum absolute atomic E-state index is 12.5. The third-order valence-electron chi connectivity index (χ3n) is 1.08. The van der Waals surface area contributed by atoms with Gasteiger partial charge >= 0.3 is 0 Å². The molecule has 11 heavy (non-hydrogen) atoms. The maximum atomic E-state index is 12.5. The van der Waals surface area contributed by atoms with Crippen LogP contribution in [-0.2, 0) is 0 Å². The third-order valence-corrected chi connectivity index (χ3v) is 1.08. The highest BCUT2D eigenvalue weighted by Crippen LogP contribution is 2.11. The first kappa shape index (κ1) is 8.01. The van der Waals surface area contributed by atoms with Gasteiger partial charge in [-0.25, -0.2) is 4.39 Å². The summed E-state index contributed by atoms with van der Waals surface area (Å²) < 4.78 is 12.5. The molecule has 0 atom stereocenters. The summed E-state index contributed by atoms with van der Waals surface area (Å²) in [6, 6.07) is 6.01. The number of hydrogen-bond donors (Lipinski definition) is 0. The Morgan fingerprint density at radius 1 is 1.36 bits per heavy atom. The van der Waals surface area contributed by atoms with E-state index in [4.69, 9.17) is 4.84 Å². The van der Waals surface area contributed by atoms with Crippen LogP contribution in [0.1, 0.15) is 0 Å². The molecule has 0 aliphatic heterocycles. The van der Waals surface area contributed by atoms with Gasteiger partial charge < -0.3 is 4.84 Å². The van der Waals surface area contributed by atoms with Gasteiger partial charge in [0, 0.05) is 20.2 Å². The predicted molar refractivity (Wildman–Crippen MR) is 40.7 cm³/mol. The Balaban J connectivity index is 2.71. The van der Waals surface area contributed by atoms with Crippen molar-refractivity contribution in [3.05, 3.63) is 30.1 Å². The number of nitrogens with zero attached hydrogens (tertiary/aromatic N) is 1. The molecule has 0 amide bonds. The van der Waals surface area contributed by atoms with Crippen LogP contribution in [0.5, 0.6) is 5.75 Å².